The van der Waals surface area contributed by atoms with Crippen molar-refractivity contribution in [3.63, 3.8) is 0 Å². The third-order valence-corrected chi connectivity index (χ3v) is 6.39. The molecule has 1 aromatic rings. The molecule has 0 amide bonds. The van der Waals surface area contributed by atoms with Crippen LogP contribution in [0.15, 0.2) is 6.20 Å². The van der Waals surface area contributed by atoms with E-state index in [4.69, 9.17) is 17.4 Å². The number of nitrogens with one attached hydrogen (secondary N) is 1. The summed E-state index contributed by atoms with van der Waals surface area (Å²) in [5, 5.41) is 5.03. The van der Waals surface area contributed by atoms with Crippen molar-refractivity contribution in [2.24, 2.45) is 42.5 Å². The van der Waals surface area contributed by atoms with E-state index < -0.39 is 0 Å². The maximum Gasteiger partial charge on any atom is 0.0834 e. The molecule has 20 heavy (non-hydrogen) atoms. The van der Waals surface area contributed by atoms with Gasteiger partial charge >= 0.3 is 0 Å². The summed E-state index contributed by atoms with van der Waals surface area (Å²) in [5.74, 6) is 10.2. The van der Waals surface area contributed by atoms with E-state index in [2.05, 4.69) is 10.5 Å². The number of hydrogen-bond acceptors (Lipinski definition) is 3. The molecular weight excluding hydrogens is 272 g/mol. The van der Waals surface area contributed by atoms with Crippen LogP contribution in [0, 0.1) is 29.6 Å². The second kappa shape index (κ2) is 4.72. The predicted octanol–water partition coefficient (Wildman–Crippen LogP) is 2.65. The van der Waals surface area contributed by atoms with Crippen molar-refractivity contribution in [3.05, 3.63) is 16.9 Å². The lowest BCUT2D eigenvalue weighted by molar-refractivity contribution is -0.0536. The van der Waals surface area contributed by atoms with E-state index in [1.807, 2.05) is 11.7 Å². The van der Waals surface area contributed by atoms with Crippen LogP contribution in [-0.4, -0.2) is 9.78 Å². The van der Waals surface area contributed by atoms with Gasteiger partial charge < -0.3 is 0 Å². The summed E-state index contributed by atoms with van der Waals surface area (Å²) >= 11 is 6.35. The Kier molecular flexibility index (Phi) is 3.09. The highest BCUT2D eigenvalue weighted by molar-refractivity contribution is 6.31. The van der Waals surface area contributed by atoms with E-state index >= 15 is 0 Å². The summed E-state index contributed by atoms with van der Waals surface area (Å²) in [6, 6.07) is 0.144. The van der Waals surface area contributed by atoms with E-state index in [1.54, 1.807) is 6.20 Å². The molecule has 4 aliphatic carbocycles. The zero-order chi connectivity index (χ0) is 13.9. The molecule has 4 bridgehead atoms. The molecule has 4 fully saturated rings. The number of hydrogen-bond donors (Lipinski definition) is 2. The van der Waals surface area contributed by atoms with Gasteiger partial charge in [-0.3, -0.25) is 16.0 Å². The standard InChI is InChI=1S/C15H23ClN4/c1-20-15(12(16)7-18-20)14(19-17)13-10-3-8-2-9(5-10)6-11(13)4-8/h7-11,13-14,19H,2-6,17H2,1H3. The fourth-order valence-electron chi connectivity index (χ4n) is 5.65. The van der Waals surface area contributed by atoms with Crippen molar-refractivity contribution in [2.75, 3.05) is 0 Å². The largest absolute Gasteiger partial charge is 0.271 e. The van der Waals surface area contributed by atoms with Crippen molar-refractivity contribution in [2.45, 2.75) is 38.1 Å². The summed E-state index contributed by atoms with van der Waals surface area (Å²) in [7, 11) is 1.96. The van der Waals surface area contributed by atoms with Gasteiger partial charge in [0.25, 0.3) is 0 Å². The minimum atomic E-state index is 0.144. The molecule has 0 aromatic carbocycles. The lowest BCUT2D eigenvalue weighted by Crippen LogP contribution is -2.51. The fraction of sp³-hybridized carbons (Fsp3) is 0.800. The second-order valence-electron chi connectivity index (χ2n) is 7.15. The Labute approximate surface area is 125 Å². The molecular formula is C15H23ClN4. The van der Waals surface area contributed by atoms with Gasteiger partial charge in [-0.1, -0.05) is 11.6 Å². The first kappa shape index (κ1) is 13.1. The SMILES string of the molecule is Cn1ncc(Cl)c1C(NN)C1C2CC3CC(C2)CC1C3. The first-order valence-corrected chi connectivity index (χ1v) is 8.18. The number of aromatic nitrogens is 2. The Hall–Kier alpha value is -0.580. The highest BCUT2D eigenvalue weighted by Gasteiger charge is 2.51. The molecule has 0 radical (unpaired) electrons. The van der Waals surface area contributed by atoms with Crippen LogP contribution in [0.3, 0.4) is 0 Å². The summed E-state index contributed by atoms with van der Waals surface area (Å²) in [6.07, 6.45) is 8.79. The molecule has 4 aliphatic rings. The predicted molar refractivity (Wildman–Crippen MR) is 78.8 cm³/mol. The van der Waals surface area contributed by atoms with E-state index in [-0.39, 0.29) is 6.04 Å². The molecule has 5 rings (SSSR count). The van der Waals surface area contributed by atoms with Crippen molar-refractivity contribution in [1.82, 2.24) is 15.2 Å². The second-order valence-corrected chi connectivity index (χ2v) is 7.56. The first-order valence-electron chi connectivity index (χ1n) is 7.81. The first-order chi connectivity index (χ1) is 9.67. The Bertz CT molecular complexity index is 464. The van der Waals surface area contributed by atoms with Crippen molar-refractivity contribution >= 4 is 11.6 Å². The molecule has 0 aliphatic heterocycles. The summed E-state index contributed by atoms with van der Waals surface area (Å²) in [6.45, 7) is 0. The normalized spacial score (nSPS) is 40.2. The molecule has 110 valence electrons. The smallest absolute Gasteiger partial charge is 0.0834 e. The molecule has 0 spiro atoms. The number of aryl methyl sites for hydroxylation is 1. The highest BCUT2D eigenvalue weighted by Crippen LogP contribution is 2.59. The summed E-state index contributed by atoms with van der Waals surface area (Å²) in [5.41, 5.74) is 4.13. The number of halogens is 1. The van der Waals surface area contributed by atoms with E-state index in [9.17, 15) is 0 Å². The Morgan fingerprint density at radius 2 is 1.85 bits per heavy atom. The van der Waals surface area contributed by atoms with Gasteiger partial charge in [0.15, 0.2) is 0 Å². The highest BCUT2D eigenvalue weighted by atomic mass is 35.5. The zero-order valence-corrected chi connectivity index (χ0v) is 12.7. The average molecular weight is 295 g/mol. The Morgan fingerprint density at radius 1 is 1.25 bits per heavy atom. The minimum Gasteiger partial charge on any atom is -0.271 e. The van der Waals surface area contributed by atoms with Crippen molar-refractivity contribution in [1.29, 1.82) is 0 Å². The number of nitrogens with zero attached hydrogens (tertiary/aromatic N) is 2. The quantitative estimate of drug-likeness (QED) is 0.666. The molecule has 0 saturated heterocycles. The molecule has 4 saturated carbocycles. The number of nitrogens with two attached hydrogens (primary N) is 1. The molecule has 5 heteroatoms. The molecule has 3 N–H and O–H groups in total. The third kappa shape index (κ3) is 1.85. The van der Waals surface area contributed by atoms with Gasteiger partial charge in [0, 0.05) is 7.05 Å². The van der Waals surface area contributed by atoms with Gasteiger partial charge in [-0.15, -0.1) is 0 Å². The molecule has 1 aromatic heterocycles. The Balaban J connectivity index is 1.68. The number of hydrazine groups is 1. The van der Waals surface area contributed by atoms with Crippen LogP contribution in [0.4, 0.5) is 0 Å². The van der Waals surface area contributed by atoms with Crippen LogP contribution in [-0.2, 0) is 7.05 Å². The Morgan fingerprint density at radius 3 is 2.30 bits per heavy atom. The fourth-order valence-corrected chi connectivity index (χ4v) is 5.94. The van der Waals surface area contributed by atoms with Gasteiger partial charge in [-0.25, -0.2) is 0 Å². The molecule has 1 unspecified atom stereocenters. The van der Waals surface area contributed by atoms with Crippen LogP contribution in [0.25, 0.3) is 0 Å². The topological polar surface area (TPSA) is 55.9 Å². The maximum absolute atomic E-state index is 6.35. The summed E-state index contributed by atoms with van der Waals surface area (Å²) < 4.78 is 1.89. The van der Waals surface area contributed by atoms with Gasteiger partial charge in [-0.2, -0.15) is 5.10 Å². The maximum atomic E-state index is 6.35. The molecule has 4 nitrogen and oxygen atoms in total. The van der Waals surface area contributed by atoms with E-state index in [1.165, 1.54) is 32.1 Å². The van der Waals surface area contributed by atoms with Crippen LogP contribution in [0.2, 0.25) is 5.02 Å². The van der Waals surface area contributed by atoms with Gasteiger partial charge in [0.1, 0.15) is 0 Å². The zero-order valence-electron chi connectivity index (χ0n) is 11.9. The van der Waals surface area contributed by atoms with Crippen LogP contribution in [0.5, 0.6) is 0 Å². The van der Waals surface area contributed by atoms with Gasteiger partial charge in [-0.05, 0) is 61.7 Å². The monoisotopic (exact) mass is 294 g/mol. The van der Waals surface area contributed by atoms with Crippen LogP contribution >= 0.6 is 11.6 Å². The van der Waals surface area contributed by atoms with Crippen LogP contribution < -0.4 is 11.3 Å². The van der Waals surface area contributed by atoms with Crippen molar-refractivity contribution < 1.29 is 0 Å². The lowest BCUT2D eigenvalue weighted by Gasteiger charge is -2.56. The van der Waals surface area contributed by atoms with E-state index in [0.29, 0.717) is 5.92 Å². The van der Waals surface area contributed by atoms with Crippen molar-refractivity contribution in [3.8, 4) is 0 Å². The number of rotatable bonds is 3. The van der Waals surface area contributed by atoms with Crippen LogP contribution in [0.1, 0.15) is 43.8 Å². The molecule has 1 heterocycles. The van der Waals surface area contributed by atoms with E-state index in [0.717, 1.165) is 34.4 Å². The minimum absolute atomic E-state index is 0.144. The summed E-state index contributed by atoms with van der Waals surface area (Å²) in [4.78, 5) is 0. The third-order valence-electron chi connectivity index (χ3n) is 6.10. The lowest BCUT2D eigenvalue weighted by atomic mass is 9.50. The van der Waals surface area contributed by atoms with Gasteiger partial charge in [0.2, 0.25) is 0 Å². The molecule has 1 atom stereocenters. The van der Waals surface area contributed by atoms with Gasteiger partial charge in [0.05, 0.1) is 23.0 Å². The average Bonchev–Trinajstić information content (AvgIpc) is 2.73.